The molecule has 0 atom stereocenters. The summed E-state index contributed by atoms with van der Waals surface area (Å²) in [6.45, 7) is 1.48. The molecule has 0 saturated carbocycles. The van der Waals surface area contributed by atoms with Crippen LogP contribution in [0, 0.1) is 5.82 Å². The van der Waals surface area contributed by atoms with Gasteiger partial charge in [-0.25, -0.2) is 4.39 Å². The Hall–Kier alpha value is -1.87. The van der Waals surface area contributed by atoms with Crippen LogP contribution in [0.3, 0.4) is 0 Å². The molecule has 0 saturated heterocycles. The summed E-state index contributed by atoms with van der Waals surface area (Å²) in [4.78, 5) is 12.9. The minimum absolute atomic E-state index is 0.0537. The molecule has 2 rings (SSSR count). The predicted molar refractivity (Wildman–Crippen MR) is 75.9 cm³/mol. The summed E-state index contributed by atoms with van der Waals surface area (Å²) in [5.74, 6) is -0.376. The third-order valence-corrected chi connectivity index (χ3v) is 3.23. The van der Waals surface area contributed by atoms with Crippen LogP contribution in [0.25, 0.3) is 0 Å². The van der Waals surface area contributed by atoms with Gasteiger partial charge in [0.15, 0.2) is 5.78 Å². The van der Waals surface area contributed by atoms with Crippen LogP contribution in [-0.4, -0.2) is 12.8 Å². The maximum atomic E-state index is 13.7. The molecule has 4 heteroatoms. The van der Waals surface area contributed by atoms with E-state index in [9.17, 15) is 9.18 Å². The summed E-state index contributed by atoms with van der Waals surface area (Å²) in [7, 11) is 1.73. The molecule has 2 aromatic rings. The first-order chi connectivity index (χ1) is 9.00. The van der Waals surface area contributed by atoms with Gasteiger partial charge in [0.05, 0.1) is 16.4 Å². The van der Waals surface area contributed by atoms with Crippen LogP contribution >= 0.6 is 11.6 Å². The first-order valence-corrected chi connectivity index (χ1v) is 6.17. The van der Waals surface area contributed by atoms with Crippen LogP contribution in [-0.2, 0) is 0 Å². The largest absolute Gasteiger partial charge is 0.341 e. The van der Waals surface area contributed by atoms with Crippen molar-refractivity contribution < 1.29 is 9.18 Å². The van der Waals surface area contributed by atoms with Gasteiger partial charge in [0.2, 0.25) is 0 Å². The molecule has 19 heavy (non-hydrogen) atoms. The normalized spacial score (nSPS) is 10.3. The molecule has 2 nitrogen and oxygen atoms in total. The standard InChI is InChI=1S/C15H13ClFNO/c1-10(19)11-7-8-14(12(16)9-11)18(2)15-6-4-3-5-13(15)17/h3-9H,1-2H3. The fourth-order valence-corrected chi connectivity index (χ4v) is 2.16. The number of benzene rings is 2. The summed E-state index contributed by atoms with van der Waals surface area (Å²) in [5.41, 5.74) is 1.62. The Morgan fingerprint density at radius 1 is 1.16 bits per heavy atom. The molecule has 0 aliphatic rings. The Labute approximate surface area is 116 Å². The molecule has 0 amide bonds. The Kier molecular flexibility index (Phi) is 3.86. The Bertz CT molecular complexity index is 627. The predicted octanol–water partition coefficient (Wildman–Crippen LogP) is 4.45. The van der Waals surface area contributed by atoms with Crippen molar-refractivity contribution in [2.24, 2.45) is 0 Å². The maximum Gasteiger partial charge on any atom is 0.159 e. The van der Waals surface area contributed by atoms with Gasteiger partial charge in [0, 0.05) is 12.6 Å². The average molecular weight is 278 g/mol. The summed E-state index contributed by atoms with van der Waals surface area (Å²) >= 11 is 6.15. The number of carbonyl (C=O) groups is 1. The van der Waals surface area contributed by atoms with Crippen molar-refractivity contribution in [3.63, 3.8) is 0 Å². The average Bonchev–Trinajstić information content (AvgIpc) is 2.38. The van der Waals surface area contributed by atoms with E-state index < -0.39 is 0 Å². The van der Waals surface area contributed by atoms with E-state index in [4.69, 9.17) is 11.6 Å². The van der Waals surface area contributed by atoms with Crippen LogP contribution in [0.2, 0.25) is 5.02 Å². The Morgan fingerprint density at radius 3 is 2.42 bits per heavy atom. The number of para-hydroxylation sites is 1. The second-order valence-electron chi connectivity index (χ2n) is 4.23. The van der Waals surface area contributed by atoms with Gasteiger partial charge in [-0.3, -0.25) is 4.79 Å². The molecule has 0 unspecified atom stereocenters. The molecule has 0 radical (unpaired) electrons. The van der Waals surface area contributed by atoms with E-state index in [-0.39, 0.29) is 11.6 Å². The van der Waals surface area contributed by atoms with Crippen LogP contribution in [0.1, 0.15) is 17.3 Å². The van der Waals surface area contributed by atoms with E-state index in [2.05, 4.69) is 0 Å². The van der Waals surface area contributed by atoms with E-state index in [0.717, 1.165) is 0 Å². The van der Waals surface area contributed by atoms with Gasteiger partial charge in [-0.1, -0.05) is 23.7 Å². The molecule has 98 valence electrons. The molecule has 0 fully saturated rings. The highest BCUT2D eigenvalue weighted by atomic mass is 35.5. The second kappa shape index (κ2) is 5.41. The number of carbonyl (C=O) groups excluding carboxylic acids is 1. The van der Waals surface area contributed by atoms with Crippen molar-refractivity contribution in [1.29, 1.82) is 0 Å². The molecular formula is C15H13ClFNO. The number of hydrogen-bond acceptors (Lipinski definition) is 2. The van der Waals surface area contributed by atoms with Gasteiger partial charge in [0.25, 0.3) is 0 Å². The van der Waals surface area contributed by atoms with Crippen molar-refractivity contribution in [3.8, 4) is 0 Å². The third-order valence-electron chi connectivity index (χ3n) is 2.93. The first-order valence-electron chi connectivity index (χ1n) is 5.79. The minimum atomic E-state index is -0.322. The lowest BCUT2D eigenvalue weighted by Crippen LogP contribution is -2.12. The monoisotopic (exact) mass is 277 g/mol. The molecule has 0 aliphatic heterocycles. The number of ketones is 1. The zero-order valence-electron chi connectivity index (χ0n) is 10.7. The van der Waals surface area contributed by atoms with Gasteiger partial charge < -0.3 is 4.90 Å². The number of nitrogens with zero attached hydrogens (tertiary/aromatic N) is 1. The summed E-state index contributed by atoms with van der Waals surface area (Å²) in [6, 6.07) is 11.4. The van der Waals surface area contributed by atoms with Gasteiger partial charge in [-0.2, -0.15) is 0 Å². The molecule has 0 spiro atoms. The molecule has 0 heterocycles. The van der Waals surface area contributed by atoms with E-state index in [1.807, 2.05) is 0 Å². The van der Waals surface area contributed by atoms with Crippen molar-refractivity contribution in [2.75, 3.05) is 11.9 Å². The molecule has 0 N–H and O–H groups in total. The van der Waals surface area contributed by atoms with Crippen molar-refractivity contribution in [2.45, 2.75) is 6.92 Å². The second-order valence-corrected chi connectivity index (χ2v) is 4.64. The first kappa shape index (κ1) is 13.6. The lowest BCUT2D eigenvalue weighted by Gasteiger charge is -2.21. The molecular weight excluding hydrogens is 265 g/mol. The van der Waals surface area contributed by atoms with Gasteiger partial charge >= 0.3 is 0 Å². The van der Waals surface area contributed by atoms with Gasteiger partial charge in [-0.05, 0) is 37.3 Å². The zero-order chi connectivity index (χ0) is 14.0. The van der Waals surface area contributed by atoms with Crippen molar-refractivity contribution in [3.05, 3.63) is 58.9 Å². The van der Waals surface area contributed by atoms with Crippen LogP contribution in [0.5, 0.6) is 0 Å². The molecule has 0 aliphatic carbocycles. The number of anilines is 2. The molecule has 2 aromatic carbocycles. The van der Waals surface area contributed by atoms with E-state index in [0.29, 0.717) is 22.0 Å². The number of Topliss-reactive ketones (excluding diaryl/α,β-unsaturated/α-hetero) is 1. The van der Waals surface area contributed by atoms with Crippen molar-refractivity contribution in [1.82, 2.24) is 0 Å². The Morgan fingerprint density at radius 2 is 1.84 bits per heavy atom. The zero-order valence-corrected chi connectivity index (χ0v) is 11.4. The lowest BCUT2D eigenvalue weighted by molar-refractivity contribution is 0.101. The number of rotatable bonds is 3. The van der Waals surface area contributed by atoms with Crippen molar-refractivity contribution >= 4 is 28.8 Å². The molecule has 0 bridgehead atoms. The highest BCUT2D eigenvalue weighted by Gasteiger charge is 2.13. The van der Waals surface area contributed by atoms with E-state index >= 15 is 0 Å². The minimum Gasteiger partial charge on any atom is -0.341 e. The third kappa shape index (κ3) is 2.76. The van der Waals surface area contributed by atoms with Crippen LogP contribution in [0.15, 0.2) is 42.5 Å². The number of halogens is 2. The topological polar surface area (TPSA) is 20.3 Å². The fourth-order valence-electron chi connectivity index (χ4n) is 1.85. The maximum absolute atomic E-state index is 13.7. The van der Waals surface area contributed by atoms with Gasteiger partial charge in [-0.15, -0.1) is 0 Å². The fraction of sp³-hybridized carbons (Fsp3) is 0.133. The number of hydrogen-bond donors (Lipinski definition) is 0. The summed E-state index contributed by atoms with van der Waals surface area (Å²) < 4.78 is 13.7. The Balaban J connectivity index is 2.42. The van der Waals surface area contributed by atoms with Gasteiger partial charge in [0.1, 0.15) is 5.82 Å². The van der Waals surface area contributed by atoms with E-state index in [1.165, 1.54) is 13.0 Å². The SMILES string of the molecule is CC(=O)c1ccc(N(C)c2ccccc2F)c(Cl)c1. The van der Waals surface area contributed by atoms with E-state index in [1.54, 1.807) is 48.3 Å². The highest BCUT2D eigenvalue weighted by molar-refractivity contribution is 6.33. The quantitative estimate of drug-likeness (QED) is 0.773. The summed E-state index contributed by atoms with van der Waals surface area (Å²) in [5, 5.41) is 0.415. The van der Waals surface area contributed by atoms with Crippen LogP contribution in [0.4, 0.5) is 15.8 Å². The lowest BCUT2D eigenvalue weighted by atomic mass is 10.1. The molecule has 0 aromatic heterocycles. The smallest absolute Gasteiger partial charge is 0.159 e. The highest BCUT2D eigenvalue weighted by Crippen LogP contribution is 2.32. The summed E-state index contributed by atoms with van der Waals surface area (Å²) in [6.07, 6.45) is 0. The van der Waals surface area contributed by atoms with Crippen LogP contribution < -0.4 is 4.90 Å².